The van der Waals surface area contributed by atoms with Crippen molar-refractivity contribution in [2.45, 2.75) is 0 Å². The molecular formula is C13H12NP. The second kappa shape index (κ2) is 3.36. The number of fused-ring (bicyclic) bond motifs is 3. The number of rotatable bonds is 1. The SMILES string of the molecule is CPc1ccc2c(c1)[nH]c1ccccc12. The van der Waals surface area contributed by atoms with Gasteiger partial charge in [-0.1, -0.05) is 38.9 Å². The Balaban J connectivity index is 2.43. The minimum absolute atomic E-state index is 0.860. The largest absolute Gasteiger partial charge is 0.354 e. The number of nitrogens with one attached hydrogen (secondary N) is 1. The van der Waals surface area contributed by atoms with E-state index in [1.165, 1.54) is 27.1 Å². The summed E-state index contributed by atoms with van der Waals surface area (Å²) in [5.41, 5.74) is 2.48. The first kappa shape index (κ1) is 8.94. The van der Waals surface area contributed by atoms with Crippen molar-refractivity contribution in [2.75, 3.05) is 6.66 Å². The Morgan fingerprint density at radius 2 is 1.73 bits per heavy atom. The average Bonchev–Trinajstić information content (AvgIpc) is 2.66. The van der Waals surface area contributed by atoms with Crippen molar-refractivity contribution in [2.24, 2.45) is 0 Å². The van der Waals surface area contributed by atoms with Crippen LogP contribution in [0.25, 0.3) is 21.8 Å². The van der Waals surface area contributed by atoms with Gasteiger partial charge >= 0.3 is 0 Å². The van der Waals surface area contributed by atoms with E-state index in [0.29, 0.717) is 0 Å². The van der Waals surface area contributed by atoms with Gasteiger partial charge < -0.3 is 4.98 Å². The second-order valence-corrected chi connectivity index (χ2v) is 4.76. The third kappa shape index (κ3) is 1.35. The standard InChI is InChI=1S/C13H12NP/c1-15-9-6-7-11-10-4-2-3-5-12(10)14-13(11)8-9/h2-8,14-15H,1H3. The summed E-state index contributed by atoms with van der Waals surface area (Å²) in [6.45, 7) is 2.21. The molecule has 0 bridgehead atoms. The van der Waals surface area contributed by atoms with Gasteiger partial charge in [-0.25, -0.2) is 0 Å². The first-order valence-corrected chi connectivity index (χ1v) is 6.57. The summed E-state index contributed by atoms with van der Waals surface area (Å²) < 4.78 is 0. The van der Waals surface area contributed by atoms with E-state index in [1.807, 2.05) is 0 Å². The molecule has 74 valence electrons. The maximum Gasteiger partial charge on any atom is 0.0471 e. The van der Waals surface area contributed by atoms with Gasteiger partial charge in [-0.3, -0.25) is 0 Å². The molecule has 1 nitrogen and oxygen atoms in total. The summed E-state index contributed by atoms with van der Waals surface area (Å²) in [5.74, 6) is 0. The maximum absolute atomic E-state index is 3.46. The molecule has 0 fully saturated rings. The molecule has 3 aromatic rings. The van der Waals surface area contributed by atoms with Gasteiger partial charge in [0.05, 0.1) is 0 Å². The van der Waals surface area contributed by atoms with Crippen LogP contribution in [0.1, 0.15) is 0 Å². The lowest BCUT2D eigenvalue weighted by Crippen LogP contribution is -1.90. The van der Waals surface area contributed by atoms with Crippen LogP contribution in [-0.2, 0) is 0 Å². The van der Waals surface area contributed by atoms with Crippen LogP contribution < -0.4 is 5.30 Å². The molecule has 15 heavy (non-hydrogen) atoms. The van der Waals surface area contributed by atoms with E-state index in [9.17, 15) is 0 Å². The van der Waals surface area contributed by atoms with E-state index in [4.69, 9.17) is 0 Å². The zero-order valence-corrected chi connectivity index (χ0v) is 9.54. The maximum atomic E-state index is 3.46. The van der Waals surface area contributed by atoms with Crippen LogP contribution in [-0.4, -0.2) is 11.6 Å². The Hall–Kier alpha value is -1.33. The monoisotopic (exact) mass is 213 g/mol. The van der Waals surface area contributed by atoms with E-state index >= 15 is 0 Å². The number of hydrogen-bond acceptors (Lipinski definition) is 0. The topological polar surface area (TPSA) is 15.8 Å². The molecule has 0 aliphatic heterocycles. The fraction of sp³-hybridized carbons (Fsp3) is 0.0769. The van der Waals surface area contributed by atoms with E-state index in [1.54, 1.807) is 0 Å². The lowest BCUT2D eigenvalue weighted by Gasteiger charge is -1.95. The molecule has 0 aliphatic carbocycles. The Morgan fingerprint density at radius 3 is 2.60 bits per heavy atom. The summed E-state index contributed by atoms with van der Waals surface area (Å²) in [6.07, 6.45) is 0. The van der Waals surface area contributed by atoms with Crippen molar-refractivity contribution in [1.82, 2.24) is 4.98 Å². The predicted octanol–water partition coefficient (Wildman–Crippen LogP) is 3.25. The van der Waals surface area contributed by atoms with Crippen molar-refractivity contribution in [1.29, 1.82) is 0 Å². The highest BCUT2D eigenvalue weighted by atomic mass is 31.1. The highest BCUT2D eigenvalue weighted by Gasteiger charge is 2.02. The van der Waals surface area contributed by atoms with Crippen molar-refractivity contribution in [3.63, 3.8) is 0 Å². The van der Waals surface area contributed by atoms with Crippen LogP contribution in [0.4, 0.5) is 0 Å². The smallest absolute Gasteiger partial charge is 0.0471 e. The molecule has 0 aliphatic rings. The Morgan fingerprint density at radius 1 is 0.933 bits per heavy atom. The molecule has 2 aromatic carbocycles. The molecule has 1 N–H and O–H groups in total. The van der Waals surface area contributed by atoms with E-state index in [0.717, 1.165) is 8.58 Å². The Kier molecular flexibility index (Phi) is 2.00. The number of para-hydroxylation sites is 1. The quantitative estimate of drug-likeness (QED) is 0.597. The lowest BCUT2D eigenvalue weighted by atomic mass is 10.2. The molecule has 0 spiro atoms. The second-order valence-electron chi connectivity index (χ2n) is 3.68. The van der Waals surface area contributed by atoms with Gasteiger partial charge in [0.1, 0.15) is 0 Å². The van der Waals surface area contributed by atoms with Crippen LogP contribution in [0.5, 0.6) is 0 Å². The molecule has 2 heteroatoms. The van der Waals surface area contributed by atoms with Gasteiger partial charge in [0.2, 0.25) is 0 Å². The molecule has 0 saturated heterocycles. The highest BCUT2D eigenvalue weighted by Crippen LogP contribution is 2.24. The predicted molar refractivity (Wildman–Crippen MR) is 69.7 cm³/mol. The normalized spacial score (nSPS) is 12.1. The minimum Gasteiger partial charge on any atom is -0.354 e. The minimum atomic E-state index is 0.860. The molecule has 1 unspecified atom stereocenters. The van der Waals surface area contributed by atoms with Crippen LogP contribution >= 0.6 is 8.58 Å². The third-order valence-electron chi connectivity index (χ3n) is 2.79. The van der Waals surface area contributed by atoms with Crippen LogP contribution in [0, 0.1) is 0 Å². The van der Waals surface area contributed by atoms with Crippen molar-refractivity contribution in [3.05, 3.63) is 42.5 Å². The number of hydrogen-bond donors (Lipinski definition) is 1. The van der Waals surface area contributed by atoms with Gasteiger partial charge in [-0.2, -0.15) is 0 Å². The number of aromatic nitrogens is 1. The molecule has 0 amide bonds. The first-order valence-electron chi connectivity index (χ1n) is 5.07. The first-order chi connectivity index (χ1) is 7.38. The van der Waals surface area contributed by atoms with E-state index in [2.05, 4.69) is 54.1 Å². The summed E-state index contributed by atoms with van der Waals surface area (Å²) >= 11 is 0. The molecule has 3 rings (SSSR count). The Labute approximate surface area is 90.3 Å². The molecule has 1 atom stereocenters. The Bertz CT molecular complexity index is 625. The highest BCUT2D eigenvalue weighted by molar-refractivity contribution is 7.46. The van der Waals surface area contributed by atoms with E-state index in [-0.39, 0.29) is 0 Å². The summed E-state index contributed by atoms with van der Waals surface area (Å²) in [6, 6.07) is 15.2. The lowest BCUT2D eigenvalue weighted by molar-refractivity contribution is 1.55. The van der Waals surface area contributed by atoms with Gasteiger partial charge in [0.15, 0.2) is 0 Å². The van der Waals surface area contributed by atoms with Crippen LogP contribution in [0.3, 0.4) is 0 Å². The summed E-state index contributed by atoms with van der Waals surface area (Å²) in [4.78, 5) is 3.46. The summed E-state index contributed by atoms with van der Waals surface area (Å²) in [5, 5.41) is 4.06. The zero-order chi connectivity index (χ0) is 10.3. The van der Waals surface area contributed by atoms with Crippen molar-refractivity contribution in [3.8, 4) is 0 Å². The molecular weight excluding hydrogens is 201 g/mol. The number of aromatic amines is 1. The molecule has 0 saturated carbocycles. The fourth-order valence-electron chi connectivity index (χ4n) is 2.01. The van der Waals surface area contributed by atoms with Crippen molar-refractivity contribution >= 4 is 35.7 Å². The van der Waals surface area contributed by atoms with Gasteiger partial charge in [0.25, 0.3) is 0 Å². The molecule has 1 heterocycles. The fourth-order valence-corrected chi connectivity index (χ4v) is 2.55. The van der Waals surface area contributed by atoms with Crippen molar-refractivity contribution < 1.29 is 0 Å². The van der Waals surface area contributed by atoms with Crippen LogP contribution in [0.15, 0.2) is 42.5 Å². The number of H-pyrrole nitrogens is 1. The third-order valence-corrected chi connectivity index (χ3v) is 3.68. The van der Waals surface area contributed by atoms with Gasteiger partial charge in [0, 0.05) is 21.8 Å². The van der Waals surface area contributed by atoms with Gasteiger partial charge in [-0.15, -0.1) is 0 Å². The molecule has 0 radical (unpaired) electrons. The van der Waals surface area contributed by atoms with Gasteiger partial charge in [-0.05, 0) is 24.1 Å². The summed E-state index contributed by atoms with van der Waals surface area (Å²) in [7, 11) is 0.860. The average molecular weight is 213 g/mol. The van der Waals surface area contributed by atoms with E-state index < -0.39 is 0 Å². The number of benzene rings is 2. The molecule has 1 aromatic heterocycles. The van der Waals surface area contributed by atoms with Crippen LogP contribution in [0.2, 0.25) is 0 Å². The zero-order valence-electron chi connectivity index (χ0n) is 8.54.